The zero-order valence-corrected chi connectivity index (χ0v) is 12.7. The Balaban J connectivity index is 2.12. The van der Waals surface area contributed by atoms with Gasteiger partial charge in [-0.3, -0.25) is 4.79 Å². The van der Waals surface area contributed by atoms with Gasteiger partial charge in [0.25, 0.3) is 11.8 Å². The van der Waals surface area contributed by atoms with Gasteiger partial charge in [0.2, 0.25) is 0 Å². The fourth-order valence-electron chi connectivity index (χ4n) is 2.70. The van der Waals surface area contributed by atoms with Gasteiger partial charge in [-0.1, -0.05) is 24.3 Å². The van der Waals surface area contributed by atoms with Crippen molar-refractivity contribution in [1.29, 1.82) is 0 Å². The molecule has 128 valence electrons. The van der Waals surface area contributed by atoms with Crippen molar-refractivity contribution in [2.45, 2.75) is 18.5 Å². The Hall–Kier alpha value is -2.52. The summed E-state index contributed by atoms with van der Waals surface area (Å²) in [6.07, 6.45) is 0. The molecule has 6 N–H and O–H groups in total. The second-order valence-electron chi connectivity index (χ2n) is 5.61. The van der Waals surface area contributed by atoms with Crippen LogP contribution in [0.4, 0.5) is 14.6 Å². The van der Waals surface area contributed by atoms with E-state index in [4.69, 9.17) is 21.9 Å². The summed E-state index contributed by atoms with van der Waals surface area (Å²) in [5.74, 6) is -4.16. The van der Waals surface area contributed by atoms with Crippen LogP contribution in [0.2, 0.25) is 0 Å². The van der Waals surface area contributed by atoms with E-state index in [1.54, 1.807) is 24.3 Å². The van der Waals surface area contributed by atoms with Crippen LogP contribution in [0.1, 0.15) is 22.0 Å². The Morgan fingerprint density at radius 2 is 2.04 bits per heavy atom. The van der Waals surface area contributed by atoms with Gasteiger partial charge >= 0.3 is 0 Å². The third-order valence-corrected chi connectivity index (χ3v) is 4.01. The number of hydrogen-bond acceptors (Lipinski definition) is 5. The average molecular weight is 337 g/mol. The van der Waals surface area contributed by atoms with Crippen LogP contribution >= 0.6 is 0 Å². The molecule has 0 spiro atoms. The zero-order valence-electron chi connectivity index (χ0n) is 12.7. The maximum Gasteiger partial charge on any atom is 0.295 e. The molecule has 0 aliphatic carbocycles. The second-order valence-corrected chi connectivity index (χ2v) is 5.61. The van der Waals surface area contributed by atoms with E-state index in [-0.39, 0.29) is 23.7 Å². The summed E-state index contributed by atoms with van der Waals surface area (Å²) in [5.41, 5.74) is 18.3. The van der Waals surface area contributed by atoms with E-state index in [9.17, 15) is 13.6 Å². The van der Waals surface area contributed by atoms with Gasteiger partial charge in [-0.25, -0.2) is 13.5 Å². The Labute approximate surface area is 136 Å². The van der Waals surface area contributed by atoms with E-state index >= 15 is 0 Å². The van der Waals surface area contributed by atoms with Crippen molar-refractivity contribution in [3.63, 3.8) is 0 Å². The van der Waals surface area contributed by atoms with Crippen molar-refractivity contribution < 1.29 is 18.3 Å². The van der Waals surface area contributed by atoms with Gasteiger partial charge in [-0.15, -0.1) is 0 Å². The molecule has 1 atom stereocenters. The molecule has 1 saturated heterocycles. The monoisotopic (exact) mass is 337 g/mol. The van der Waals surface area contributed by atoms with Crippen LogP contribution < -0.4 is 17.2 Å². The molecule has 1 aliphatic heterocycles. The highest BCUT2D eigenvalue weighted by Crippen LogP contribution is 2.38. The second kappa shape index (κ2) is 5.84. The summed E-state index contributed by atoms with van der Waals surface area (Å²) in [6, 6.07) is 5.49. The zero-order chi connectivity index (χ0) is 17.5. The summed E-state index contributed by atoms with van der Waals surface area (Å²) in [6.45, 7) is -0.614. The summed E-state index contributed by atoms with van der Waals surface area (Å²) in [4.78, 5) is 11.8. The Morgan fingerprint density at radius 1 is 1.38 bits per heavy atom. The van der Waals surface area contributed by atoms with Gasteiger partial charge in [-0.2, -0.15) is 5.10 Å². The number of carbonyl (C=O) groups is 1. The van der Waals surface area contributed by atoms with E-state index < -0.39 is 24.5 Å². The van der Waals surface area contributed by atoms with Gasteiger partial charge in [0.1, 0.15) is 29.7 Å². The molecule has 0 bridgehead atoms. The topological polar surface area (TPSA) is 122 Å². The Morgan fingerprint density at radius 3 is 2.54 bits per heavy atom. The number of benzene rings is 1. The molecule has 3 rings (SSSR count). The maximum atomic E-state index is 13.9. The fraction of sp³-hybridized carbons (Fsp3) is 0.333. The third-order valence-electron chi connectivity index (χ3n) is 4.01. The maximum absolute atomic E-state index is 13.9. The van der Waals surface area contributed by atoms with Gasteiger partial charge in [0, 0.05) is 12.1 Å². The number of nitrogens with two attached hydrogens (primary N) is 3. The molecular formula is C15H17F2N5O2. The largest absolute Gasteiger partial charge is 0.383 e. The molecule has 1 aromatic heterocycles. The van der Waals surface area contributed by atoms with Crippen LogP contribution in [0.15, 0.2) is 24.3 Å². The van der Waals surface area contributed by atoms with Gasteiger partial charge < -0.3 is 21.9 Å². The molecule has 1 fully saturated rings. The van der Waals surface area contributed by atoms with Crippen molar-refractivity contribution in [2.75, 3.05) is 18.9 Å². The van der Waals surface area contributed by atoms with Crippen LogP contribution in [0, 0.1) is 0 Å². The number of ether oxygens (including phenoxy) is 1. The Bertz CT molecular complexity index is 773. The smallest absolute Gasteiger partial charge is 0.295 e. The summed E-state index contributed by atoms with van der Waals surface area (Å²) in [5, 5.41) is 4.13. The Kier molecular flexibility index (Phi) is 3.98. The summed E-state index contributed by atoms with van der Waals surface area (Å²) >= 11 is 0. The lowest BCUT2D eigenvalue weighted by Gasteiger charge is -2.18. The van der Waals surface area contributed by atoms with Crippen LogP contribution in [0.5, 0.6) is 0 Å². The highest BCUT2D eigenvalue weighted by atomic mass is 19.3. The normalized spacial score (nSPS) is 19.5. The number of carbonyl (C=O) groups excluding carboxylic acids is 1. The van der Waals surface area contributed by atoms with E-state index in [0.29, 0.717) is 12.1 Å². The standard InChI is InChI=1S/C15H17F2N5O2/c16-15(17)7-24-6-10(15)22-13(19)11(14(20)23)12(21-22)9-3-1-8(5-18)2-4-9/h1-4,10H,5-7,18-19H2,(H2,20,23). The number of primary amides is 1. The molecule has 1 aromatic carbocycles. The first kappa shape index (κ1) is 16.3. The molecular weight excluding hydrogens is 320 g/mol. The van der Waals surface area contributed by atoms with Gasteiger partial charge in [0.05, 0.1) is 6.61 Å². The first-order valence-corrected chi connectivity index (χ1v) is 7.28. The van der Waals surface area contributed by atoms with Crippen molar-refractivity contribution in [3.05, 3.63) is 35.4 Å². The lowest BCUT2D eigenvalue weighted by Crippen LogP contribution is -2.31. The fourth-order valence-corrected chi connectivity index (χ4v) is 2.70. The molecule has 2 heterocycles. The molecule has 24 heavy (non-hydrogen) atoms. The van der Waals surface area contributed by atoms with Crippen molar-refractivity contribution in [1.82, 2.24) is 9.78 Å². The number of rotatable bonds is 4. The minimum Gasteiger partial charge on any atom is -0.383 e. The van der Waals surface area contributed by atoms with E-state index in [0.717, 1.165) is 10.2 Å². The number of amides is 1. The van der Waals surface area contributed by atoms with Crippen LogP contribution in [-0.4, -0.2) is 34.8 Å². The van der Waals surface area contributed by atoms with Crippen molar-refractivity contribution >= 4 is 11.7 Å². The number of anilines is 1. The minimum absolute atomic E-state index is 0.0850. The van der Waals surface area contributed by atoms with E-state index in [2.05, 4.69) is 5.10 Å². The predicted octanol–water partition coefficient (Wildman–Crippen LogP) is 0.896. The predicted molar refractivity (Wildman–Crippen MR) is 83.3 cm³/mol. The first-order chi connectivity index (χ1) is 11.3. The molecule has 1 amide bonds. The molecule has 0 saturated carbocycles. The number of halogens is 2. The van der Waals surface area contributed by atoms with Crippen LogP contribution in [-0.2, 0) is 11.3 Å². The molecule has 2 aromatic rings. The van der Waals surface area contributed by atoms with Crippen molar-refractivity contribution in [3.8, 4) is 11.3 Å². The summed E-state index contributed by atoms with van der Waals surface area (Å²) < 4.78 is 33.7. The van der Waals surface area contributed by atoms with Crippen molar-refractivity contribution in [2.24, 2.45) is 11.5 Å². The van der Waals surface area contributed by atoms with Crippen LogP contribution in [0.25, 0.3) is 11.3 Å². The SMILES string of the molecule is NCc1ccc(-c2nn(C3COCC3(F)F)c(N)c2C(N)=O)cc1. The lowest BCUT2D eigenvalue weighted by molar-refractivity contribution is -0.0344. The van der Waals surface area contributed by atoms with E-state index in [1.807, 2.05) is 0 Å². The van der Waals surface area contributed by atoms with E-state index in [1.165, 1.54) is 0 Å². The molecule has 7 nitrogen and oxygen atoms in total. The van der Waals surface area contributed by atoms with Gasteiger partial charge in [-0.05, 0) is 5.56 Å². The summed E-state index contributed by atoms with van der Waals surface area (Å²) in [7, 11) is 0. The molecule has 9 heteroatoms. The first-order valence-electron chi connectivity index (χ1n) is 7.28. The molecule has 1 aliphatic rings. The lowest BCUT2D eigenvalue weighted by atomic mass is 10.1. The molecule has 0 radical (unpaired) electrons. The minimum atomic E-state index is -3.13. The number of nitrogen functional groups attached to an aromatic ring is 1. The van der Waals surface area contributed by atoms with Crippen LogP contribution in [0.3, 0.4) is 0 Å². The third kappa shape index (κ3) is 2.61. The number of hydrogen-bond donors (Lipinski definition) is 3. The molecule has 1 unspecified atom stereocenters. The number of alkyl halides is 2. The highest BCUT2D eigenvalue weighted by Gasteiger charge is 2.48. The number of aromatic nitrogens is 2. The van der Waals surface area contributed by atoms with Gasteiger partial charge in [0.15, 0.2) is 0 Å². The highest BCUT2D eigenvalue weighted by molar-refractivity contribution is 6.03. The number of nitrogens with zero attached hydrogens (tertiary/aromatic N) is 2. The quantitative estimate of drug-likeness (QED) is 0.765. The average Bonchev–Trinajstić information content (AvgIpc) is 3.06.